The van der Waals surface area contributed by atoms with E-state index in [9.17, 15) is 22.8 Å². The Morgan fingerprint density at radius 2 is 1.77 bits per heavy atom. The van der Waals surface area contributed by atoms with Crippen molar-refractivity contribution in [1.82, 2.24) is 14.9 Å². The summed E-state index contributed by atoms with van der Waals surface area (Å²) in [7, 11) is 0. The number of nitrogens with zero attached hydrogens (tertiary/aromatic N) is 4. The van der Waals surface area contributed by atoms with E-state index in [0.29, 0.717) is 18.7 Å². The molecule has 0 bridgehead atoms. The summed E-state index contributed by atoms with van der Waals surface area (Å²) in [6.07, 6.45) is 7.80. The predicted molar refractivity (Wildman–Crippen MR) is 154 cm³/mol. The fraction of sp³-hybridized carbons (Fsp3) is 0.182. The molecule has 1 spiro atoms. The molecule has 43 heavy (non-hydrogen) atoms. The van der Waals surface area contributed by atoms with Crippen LogP contribution in [0.1, 0.15) is 40.4 Å². The fourth-order valence-electron chi connectivity index (χ4n) is 6.31. The number of nitrogens with one attached hydrogen (secondary N) is 1. The van der Waals surface area contributed by atoms with E-state index in [1.165, 1.54) is 23.1 Å². The lowest BCUT2D eigenvalue weighted by atomic mass is 9.80. The molecule has 2 atom stereocenters. The average Bonchev–Trinajstić information content (AvgIpc) is 3.58. The largest absolute Gasteiger partial charge is 0.310 e. The summed E-state index contributed by atoms with van der Waals surface area (Å²) in [5.74, 6) is -2.35. The van der Waals surface area contributed by atoms with Gasteiger partial charge in [0.25, 0.3) is 5.91 Å². The fourth-order valence-corrected chi connectivity index (χ4v) is 6.31. The first-order valence-electron chi connectivity index (χ1n) is 13.7. The molecule has 4 aromatic rings. The lowest BCUT2D eigenvalue weighted by molar-refractivity contribution is -0.126. The summed E-state index contributed by atoms with van der Waals surface area (Å²) >= 11 is 0. The molecule has 2 amide bonds. The topological polar surface area (TPSA) is 87.5 Å². The van der Waals surface area contributed by atoms with E-state index in [2.05, 4.69) is 20.3 Å². The Morgan fingerprint density at radius 3 is 2.56 bits per heavy atom. The van der Waals surface area contributed by atoms with Crippen molar-refractivity contribution in [1.29, 1.82) is 0 Å². The second-order valence-electron chi connectivity index (χ2n) is 11.1. The zero-order chi connectivity index (χ0) is 29.9. The van der Waals surface area contributed by atoms with Crippen molar-refractivity contribution in [3.63, 3.8) is 0 Å². The second-order valence-corrected chi connectivity index (χ2v) is 11.1. The Hall–Kier alpha value is -5.12. The number of anilines is 1. The van der Waals surface area contributed by atoms with Crippen LogP contribution in [-0.2, 0) is 33.5 Å². The van der Waals surface area contributed by atoms with Crippen molar-refractivity contribution in [3.8, 4) is 0 Å². The van der Waals surface area contributed by atoms with Crippen LogP contribution in [0.5, 0.6) is 0 Å². The summed E-state index contributed by atoms with van der Waals surface area (Å²) in [4.78, 5) is 41.5. The van der Waals surface area contributed by atoms with Crippen LogP contribution < -0.4 is 5.32 Å². The maximum absolute atomic E-state index is 14.7. The number of rotatable bonds is 5. The van der Waals surface area contributed by atoms with E-state index in [4.69, 9.17) is 0 Å². The van der Waals surface area contributed by atoms with E-state index in [0.717, 1.165) is 40.6 Å². The van der Waals surface area contributed by atoms with Gasteiger partial charge in [-0.2, -0.15) is 0 Å². The molecule has 214 valence electrons. The number of hydrogen-bond acceptors (Lipinski definition) is 5. The molecule has 0 saturated carbocycles. The second kappa shape index (κ2) is 9.72. The molecule has 4 heterocycles. The van der Waals surface area contributed by atoms with Crippen molar-refractivity contribution in [3.05, 3.63) is 130 Å². The molecule has 3 aliphatic rings. The van der Waals surface area contributed by atoms with Gasteiger partial charge in [-0.25, -0.2) is 23.1 Å². The molecule has 2 aliphatic heterocycles. The molecular formula is C33H24F3N5O2. The molecule has 0 radical (unpaired) electrons. The number of carbonyl (C=O) groups excluding carboxylic acids is 2. The van der Waals surface area contributed by atoms with Crippen LogP contribution in [0, 0.1) is 17.5 Å². The Morgan fingerprint density at radius 1 is 0.977 bits per heavy atom. The van der Waals surface area contributed by atoms with Crippen LogP contribution in [-0.4, -0.2) is 38.9 Å². The summed E-state index contributed by atoms with van der Waals surface area (Å²) in [6.45, 7) is 1.58. The van der Waals surface area contributed by atoms with Gasteiger partial charge in [0.15, 0.2) is 5.66 Å². The molecule has 2 aromatic carbocycles. The molecule has 10 heteroatoms. The molecule has 2 aromatic heterocycles. The molecule has 1 N–H and O–H groups in total. The first kappa shape index (κ1) is 26.8. The van der Waals surface area contributed by atoms with E-state index < -0.39 is 34.4 Å². The average molecular weight is 580 g/mol. The van der Waals surface area contributed by atoms with E-state index in [-0.39, 0.29) is 29.3 Å². The van der Waals surface area contributed by atoms with Gasteiger partial charge in [0, 0.05) is 53.8 Å². The van der Waals surface area contributed by atoms with Gasteiger partial charge in [-0.15, -0.1) is 0 Å². The maximum Gasteiger partial charge on any atom is 0.275 e. The van der Waals surface area contributed by atoms with Crippen LogP contribution in [0.3, 0.4) is 0 Å². The normalized spacial score (nSPS) is 22.3. The van der Waals surface area contributed by atoms with Crippen LogP contribution in [0.25, 0.3) is 6.08 Å². The zero-order valence-corrected chi connectivity index (χ0v) is 22.9. The number of pyridine rings is 2. The highest BCUT2D eigenvalue weighted by Gasteiger charge is 2.51. The lowest BCUT2D eigenvalue weighted by Gasteiger charge is -2.32. The molecule has 0 fully saturated rings. The van der Waals surface area contributed by atoms with E-state index in [1.54, 1.807) is 37.5 Å². The summed E-state index contributed by atoms with van der Waals surface area (Å²) in [6, 6.07) is 14.4. The van der Waals surface area contributed by atoms with Crippen LogP contribution >= 0.6 is 0 Å². The molecule has 0 saturated heterocycles. The van der Waals surface area contributed by atoms with Crippen LogP contribution in [0.4, 0.5) is 19.0 Å². The van der Waals surface area contributed by atoms with Crippen molar-refractivity contribution in [2.45, 2.75) is 30.8 Å². The Bertz CT molecular complexity index is 1890. The quantitative estimate of drug-likeness (QED) is 0.357. The highest BCUT2D eigenvalue weighted by atomic mass is 19.1. The number of amides is 2. The first-order chi connectivity index (χ1) is 20.7. The molecule has 7 rings (SSSR count). The Labute approximate surface area is 244 Å². The third-order valence-electron chi connectivity index (χ3n) is 8.47. The SMILES string of the molecule is C[C@@]1(c2cc(F)cc(F)c2)N=C(c2ccccc2F)C(=O)N1C/C=C/c1cnc2c(c1)C[C@@]1(C2)C(=O)Nc2ncccc21. The highest BCUT2D eigenvalue weighted by Crippen LogP contribution is 2.46. The van der Waals surface area contributed by atoms with Gasteiger partial charge in [-0.1, -0.05) is 30.4 Å². The van der Waals surface area contributed by atoms with Crippen LogP contribution in [0.15, 0.2) is 84.1 Å². The number of halogens is 3. The van der Waals surface area contributed by atoms with Gasteiger partial charge in [0.05, 0.1) is 5.41 Å². The standard InChI is InChI=1S/C33H24F3N5O2/c1-32(21-13-22(34)15-23(35)14-21)40-28(24-7-2-3-9-26(24)36)30(42)41(32)11-5-6-19-12-20-16-33(17-27(20)38-18-19)25-8-4-10-37-29(25)39-31(33)43/h2-10,12-15,18H,11,16-17H2,1H3,(H,37,39,43)/b6-5+/t32-,33+/m1/s1. The van der Waals surface area contributed by atoms with Gasteiger partial charge in [0.2, 0.25) is 5.91 Å². The van der Waals surface area contributed by atoms with Crippen molar-refractivity contribution < 1.29 is 22.8 Å². The zero-order valence-electron chi connectivity index (χ0n) is 22.9. The number of benzene rings is 2. The minimum atomic E-state index is -1.50. The third kappa shape index (κ3) is 4.24. The molecule has 7 nitrogen and oxygen atoms in total. The van der Waals surface area contributed by atoms with E-state index in [1.807, 2.05) is 18.2 Å². The predicted octanol–water partition coefficient (Wildman–Crippen LogP) is 5.10. The minimum Gasteiger partial charge on any atom is -0.310 e. The van der Waals surface area contributed by atoms with Crippen molar-refractivity contribution >= 4 is 29.4 Å². The van der Waals surface area contributed by atoms with Crippen LogP contribution in [0.2, 0.25) is 0 Å². The summed E-state index contributed by atoms with van der Waals surface area (Å²) in [5, 5.41) is 2.89. The summed E-state index contributed by atoms with van der Waals surface area (Å²) < 4.78 is 43.2. The molecule has 1 aliphatic carbocycles. The Kier molecular flexibility index (Phi) is 6.05. The molecular weight excluding hydrogens is 555 g/mol. The number of aliphatic imine (C=N–C) groups is 1. The lowest BCUT2D eigenvalue weighted by Crippen LogP contribution is -2.43. The summed E-state index contributed by atoms with van der Waals surface area (Å²) in [5.41, 5.74) is 1.14. The van der Waals surface area contributed by atoms with Gasteiger partial charge in [-0.05, 0) is 60.9 Å². The van der Waals surface area contributed by atoms with E-state index >= 15 is 0 Å². The third-order valence-corrected chi connectivity index (χ3v) is 8.47. The van der Waals surface area contributed by atoms with Gasteiger partial charge in [-0.3, -0.25) is 14.6 Å². The van der Waals surface area contributed by atoms with Gasteiger partial charge < -0.3 is 10.2 Å². The minimum absolute atomic E-state index is 0.00607. The van der Waals surface area contributed by atoms with Crippen molar-refractivity contribution in [2.75, 3.05) is 11.9 Å². The first-order valence-corrected chi connectivity index (χ1v) is 13.7. The van der Waals surface area contributed by atoms with Gasteiger partial charge >= 0.3 is 0 Å². The maximum atomic E-state index is 14.7. The van der Waals surface area contributed by atoms with Gasteiger partial charge in [0.1, 0.15) is 29.0 Å². The smallest absolute Gasteiger partial charge is 0.275 e. The monoisotopic (exact) mass is 579 g/mol. The number of carbonyl (C=O) groups is 2. The number of aromatic nitrogens is 2. The highest BCUT2D eigenvalue weighted by molar-refractivity contribution is 6.46. The molecule has 0 unspecified atom stereocenters. The Balaban J connectivity index is 1.18. The number of fused-ring (bicyclic) bond motifs is 3. The van der Waals surface area contributed by atoms with Crippen molar-refractivity contribution in [2.24, 2.45) is 4.99 Å². The number of hydrogen-bond donors (Lipinski definition) is 1.